The van der Waals surface area contributed by atoms with E-state index in [1.165, 1.54) is 0 Å². The average molecular weight is 827 g/mol. The molecule has 60 heavy (non-hydrogen) atoms. The quantitative estimate of drug-likeness (QED) is 0.151. The SMILES string of the molecule is CN[C@@H](C)C(=O)N[C@H](C(=O)N1CCC[C@H]1C(=O)Nc1ccccc1-c1ccccc1NC(=O)[C@@H]1CCCN1C(=O)[C@@H](NC(=O)[C@H](C)NC)C1CCCCC1)C1CCCCC1. The van der Waals surface area contributed by atoms with E-state index in [0.717, 1.165) is 64.2 Å². The molecular weight excluding hydrogens is 761 g/mol. The molecule has 2 heterocycles. The van der Waals surface area contributed by atoms with Crippen LogP contribution >= 0.6 is 0 Å². The number of amides is 6. The Labute approximate surface area is 355 Å². The summed E-state index contributed by atoms with van der Waals surface area (Å²) in [5.41, 5.74) is 2.43. The fourth-order valence-corrected chi connectivity index (χ4v) is 9.57. The zero-order valence-electron chi connectivity index (χ0n) is 35.9. The van der Waals surface area contributed by atoms with Gasteiger partial charge in [0.2, 0.25) is 35.4 Å². The van der Waals surface area contributed by atoms with Gasteiger partial charge in [0.25, 0.3) is 0 Å². The number of rotatable bonds is 15. The lowest BCUT2D eigenvalue weighted by Crippen LogP contribution is -2.57. The molecule has 2 saturated carbocycles. The number of carbonyl (C=O) groups is 6. The monoisotopic (exact) mass is 827 g/mol. The summed E-state index contributed by atoms with van der Waals surface area (Å²) in [5, 5.41) is 18.2. The van der Waals surface area contributed by atoms with E-state index in [2.05, 4.69) is 31.9 Å². The van der Waals surface area contributed by atoms with Gasteiger partial charge < -0.3 is 41.7 Å². The second-order valence-corrected chi connectivity index (χ2v) is 17.2. The number of likely N-dealkylation sites (N-methyl/N-ethyl adjacent to an activating group) is 2. The van der Waals surface area contributed by atoms with E-state index in [1.54, 1.807) is 37.7 Å². The van der Waals surface area contributed by atoms with E-state index in [0.29, 0.717) is 61.3 Å². The zero-order chi connectivity index (χ0) is 42.8. The molecule has 6 amide bonds. The molecule has 0 bridgehead atoms. The van der Waals surface area contributed by atoms with E-state index >= 15 is 0 Å². The third-order valence-corrected chi connectivity index (χ3v) is 13.4. The fraction of sp³-hybridized carbons (Fsp3) is 0.609. The van der Waals surface area contributed by atoms with Crippen LogP contribution in [0, 0.1) is 11.8 Å². The van der Waals surface area contributed by atoms with Gasteiger partial charge in [-0.15, -0.1) is 0 Å². The molecule has 6 rings (SSSR count). The number of hydrogen-bond acceptors (Lipinski definition) is 8. The first-order valence-electron chi connectivity index (χ1n) is 22.4. The third kappa shape index (κ3) is 10.5. The van der Waals surface area contributed by atoms with Gasteiger partial charge in [-0.05, 0) is 103 Å². The molecule has 14 nitrogen and oxygen atoms in total. The van der Waals surface area contributed by atoms with Crippen LogP contribution in [0.1, 0.15) is 104 Å². The lowest BCUT2D eigenvalue weighted by Gasteiger charge is -2.35. The highest BCUT2D eigenvalue weighted by Gasteiger charge is 2.43. The van der Waals surface area contributed by atoms with Crippen LogP contribution < -0.4 is 31.9 Å². The highest BCUT2D eigenvalue weighted by molar-refractivity contribution is 6.05. The van der Waals surface area contributed by atoms with Gasteiger partial charge in [-0.2, -0.15) is 0 Å². The summed E-state index contributed by atoms with van der Waals surface area (Å²) in [7, 11) is 3.42. The van der Waals surface area contributed by atoms with Crippen molar-refractivity contribution in [3.63, 3.8) is 0 Å². The topological polar surface area (TPSA) is 181 Å². The van der Waals surface area contributed by atoms with E-state index < -0.39 is 36.3 Å². The number of benzene rings is 2. The molecule has 4 aliphatic rings. The summed E-state index contributed by atoms with van der Waals surface area (Å²) < 4.78 is 0. The van der Waals surface area contributed by atoms with Crippen molar-refractivity contribution in [1.82, 2.24) is 31.1 Å². The van der Waals surface area contributed by atoms with Gasteiger partial charge in [0.05, 0.1) is 12.1 Å². The molecule has 0 radical (unpaired) electrons. The number of anilines is 2. The lowest BCUT2D eigenvalue weighted by molar-refractivity contribution is -0.142. The van der Waals surface area contributed by atoms with Gasteiger partial charge in [0.15, 0.2) is 0 Å². The molecule has 4 fully saturated rings. The molecule has 2 aromatic rings. The maximum Gasteiger partial charge on any atom is 0.247 e. The molecule has 2 aliphatic carbocycles. The highest BCUT2D eigenvalue weighted by atomic mass is 16.2. The Kier molecular flexibility index (Phi) is 15.7. The molecule has 326 valence electrons. The maximum atomic E-state index is 14.3. The Hall–Kier alpha value is -4.82. The minimum Gasteiger partial charge on any atom is -0.343 e. The van der Waals surface area contributed by atoms with Crippen LogP contribution in [-0.4, -0.2) is 109 Å². The number of para-hydroxylation sites is 2. The third-order valence-electron chi connectivity index (χ3n) is 13.4. The van der Waals surface area contributed by atoms with Gasteiger partial charge in [-0.1, -0.05) is 74.9 Å². The first kappa shape index (κ1) is 44.7. The highest BCUT2D eigenvalue weighted by Crippen LogP contribution is 2.36. The predicted molar refractivity (Wildman–Crippen MR) is 233 cm³/mol. The van der Waals surface area contributed by atoms with Crippen LogP contribution in [0.2, 0.25) is 0 Å². The van der Waals surface area contributed by atoms with E-state index in [-0.39, 0.29) is 47.3 Å². The van der Waals surface area contributed by atoms with Crippen molar-refractivity contribution < 1.29 is 28.8 Å². The summed E-state index contributed by atoms with van der Waals surface area (Å²) in [6, 6.07) is 11.0. The first-order valence-corrected chi connectivity index (χ1v) is 22.4. The van der Waals surface area contributed by atoms with Crippen molar-refractivity contribution in [2.45, 2.75) is 140 Å². The number of likely N-dealkylation sites (tertiary alicyclic amines) is 2. The lowest BCUT2D eigenvalue weighted by atomic mass is 9.83. The standard InChI is InChI=1S/C46H66N8O6/c1-29(47-3)41(55)51-39(31-17-7-5-8-18-31)45(59)53-27-15-25-37(53)43(57)49-35-23-13-11-21-33(35)34-22-12-14-24-36(34)50-44(58)38-26-16-28-54(38)46(60)40(32-19-9-6-10-20-32)52-42(56)30(2)48-4/h11-14,21-24,29-32,37-40,47-48H,5-10,15-20,25-28H2,1-4H3,(H,49,57)(H,50,58)(H,51,55)(H,52,56)/t29-,30-,37-,38-,39-,40-/m0/s1. The Morgan fingerprint density at radius 1 is 0.517 bits per heavy atom. The number of nitrogens with one attached hydrogen (secondary N) is 6. The van der Waals surface area contributed by atoms with Crippen molar-refractivity contribution in [2.75, 3.05) is 37.8 Å². The minimum absolute atomic E-state index is 0.0109. The maximum absolute atomic E-state index is 14.3. The number of carbonyl (C=O) groups excluding carboxylic acids is 6. The van der Waals surface area contributed by atoms with Gasteiger partial charge in [-0.25, -0.2) is 0 Å². The molecule has 6 N–H and O–H groups in total. The molecule has 2 saturated heterocycles. The van der Waals surface area contributed by atoms with Crippen LogP contribution in [0.3, 0.4) is 0 Å². The van der Waals surface area contributed by atoms with Crippen molar-refractivity contribution in [3.8, 4) is 11.1 Å². The average Bonchev–Trinajstić information content (AvgIpc) is 3.99. The van der Waals surface area contributed by atoms with Gasteiger partial charge in [0, 0.05) is 35.6 Å². The van der Waals surface area contributed by atoms with Crippen LogP contribution in [0.15, 0.2) is 48.5 Å². The molecular formula is C46H66N8O6. The van der Waals surface area contributed by atoms with E-state index in [4.69, 9.17) is 0 Å². The smallest absolute Gasteiger partial charge is 0.247 e. The van der Waals surface area contributed by atoms with Crippen LogP contribution in [0.25, 0.3) is 11.1 Å². The number of nitrogens with zero attached hydrogens (tertiary/aromatic N) is 2. The first-order chi connectivity index (χ1) is 29.0. The van der Waals surface area contributed by atoms with Crippen molar-refractivity contribution in [2.24, 2.45) is 11.8 Å². The zero-order valence-corrected chi connectivity index (χ0v) is 35.9. The Morgan fingerprint density at radius 3 is 1.25 bits per heavy atom. The van der Waals surface area contributed by atoms with Crippen molar-refractivity contribution >= 4 is 46.8 Å². The van der Waals surface area contributed by atoms with Crippen LogP contribution in [0.4, 0.5) is 11.4 Å². The number of hydrogen-bond donors (Lipinski definition) is 6. The largest absolute Gasteiger partial charge is 0.343 e. The summed E-state index contributed by atoms with van der Waals surface area (Å²) in [4.78, 5) is 86.4. The van der Waals surface area contributed by atoms with Crippen LogP contribution in [0.5, 0.6) is 0 Å². The molecule has 2 aromatic carbocycles. The Balaban J connectivity index is 1.18. The summed E-state index contributed by atoms with van der Waals surface area (Å²) in [6.45, 7) is 4.38. The van der Waals surface area contributed by atoms with Gasteiger partial charge >= 0.3 is 0 Å². The molecule has 0 aromatic heterocycles. The predicted octanol–water partition coefficient (Wildman–Crippen LogP) is 4.56. The van der Waals surface area contributed by atoms with Gasteiger partial charge in [0.1, 0.15) is 24.2 Å². The molecule has 0 unspecified atom stereocenters. The Bertz CT molecular complexity index is 1710. The van der Waals surface area contributed by atoms with Crippen molar-refractivity contribution in [3.05, 3.63) is 48.5 Å². The summed E-state index contributed by atoms with van der Waals surface area (Å²) >= 11 is 0. The Morgan fingerprint density at radius 2 is 0.883 bits per heavy atom. The van der Waals surface area contributed by atoms with E-state index in [1.807, 2.05) is 48.5 Å². The van der Waals surface area contributed by atoms with Crippen LogP contribution in [-0.2, 0) is 28.8 Å². The van der Waals surface area contributed by atoms with Crippen molar-refractivity contribution in [1.29, 1.82) is 0 Å². The molecule has 14 heteroatoms. The summed E-state index contributed by atoms with van der Waals surface area (Å²) in [5.74, 6) is -1.49. The van der Waals surface area contributed by atoms with Gasteiger partial charge in [-0.3, -0.25) is 28.8 Å². The molecule has 2 aliphatic heterocycles. The van der Waals surface area contributed by atoms with E-state index in [9.17, 15) is 28.8 Å². The molecule has 6 atom stereocenters. The fourth-order valence-electron chi connectivity index (χ4n) is 9.57. The normalized spacial score (nSPS) is 22.0. The summed E-state index contributed by atoms with van der Waals surface area (Å²) in [6.07, 6.45) is 12.0. The second-order valence-electron chi connectivity index (χ2n) is 17.2. The second kappa shape index (κ2) is 21.1. The molecule has 0 spiro atoms. The minimum atomic E-state index is -0.709.